The van der Waals surface area contributed by atoms with Crippen LogP contribution in [-0.4, -0.2) is 56.2 Å². The molecule has 162 valence electrons. The number of amides is 3. The fraction of sp³-hybridized carbons (Fsp3) is 0.400. The zero-order chi connectivity index (χ0) is 21.5. The van der Waals surface area contributed by atoms with Crippen LogP contribution >= 0.6 is 34.5 Å². The van der Waals surface area contributed by atoms with E-state index < -0.39 is 0 Å². The Bertz CT molecular complexity index is 893. The first-order chi connectivity index (χ1) is 14.4. The van der Waals surface area contributed by atoms with Gasteiger partial charge in [-0.25, -0.2) is 4.79 Å². The van der Waals surface area contributed by atoms with Gasteiger partial charge in [0.05, 0.1) is 27.6 Å². The lowest BCUT2D eigenvalue weighted by Crippen LogP contribution is -2.48. The number of hydrogen-bond acceptors (Lipinski definition) is 5. The number of benzene rings is 1. The average molecular weight is 471 g/mol. The standard InChI is InChI=1S/C20H24Cl2N4O3S/c1-23-19(27)18-7-14(12-30-18)8-24-20(28)25-9-15-11-26(4-5-29-15)10-13-2-3-16(21)17(22)6-13/h2-3,6-7,12,15H,4-5,8-11H2,1H3,(H,23,27)(H2,24,25,28)/t15-/m0/s1. The molecule has 10 heteroatoms. The van der Waals surface area contributed by atoms with E-state index in [2.05, 4.69) is 20.9 Å². The monoisotopic (exact) mass is 470 g/mol. The zero-order valence-electron chi connectivity index (χ0n) is 16.5. The lowest BCUT2D eigenvalue weighted by molar-refractivity contribution is -0.0287. The van der Waals surface area contributed by atoms with Crippen LogP contribution in [0.2, 0.25) is 10.0 Å². The summed E-state index contributed by atoms with van der Waals surface area (Å²) in [5.41, 5.74) is 1.97. The van der Waals surface area contributed by atoms with Crippen molar-refractivity contribution < 1.29 is 14.3 Å². The molecule has 3 amide bonds. The Morgan fingerprint density at radius 3 is 2.80 bits per heavy atom. The van der Waals surface area contributed by atoms with Crippen molar-refractivity contribution in [3.05, 3.63) is 55.7 Å². The third kappa shape index (κ3) is 6.58. The van der Waals surface area contributed by atoms with Crippen molar-refractivity contribution in [2.75, 3.05) is 33.3 Å². The molecule has 3 rings (SSSR count). The fourth-order valence-electron chi connectivity index (χ4n) is 3.11. The van der Waals surface area contributed by atoms with Crippen LogP contribution in [-0.2, 0) is 17.8 Å². The van der Waals surface area contributed by atoms with Crippen LogP contribution in [0.5, 0.6) is 0 Å². The molecule has 30 heavy (non-hydrogen) atoms. The molecule has 1 atom stereocenters. The van der Waals surface area contributed by atoms with Crippen molar-refractivity contribution in [2.24, 2.45) is 0 Å². The molecule has 0 bridgehead atoms. The Kier molecular flexibility index (Phi) is 8.35. The summed E-state index contributed by atoms with van der Waals surface area (Å²) >= 11 is 13.4. The van der Waals surface area contributed by atoms with Gasteiger partial charge in [-0.2, -0.15) is 0 Å². The highest BCUT2D eigenvalue weighted by Crippen LogP contribution is 2.23. The van der Waals surface area contributed by atoms with E-state index in [9.17, 15) is 9.59 Å². The van der Waals surface area contributed by atoms with E-state index in [0.29, 0.717) is 41.2 Å². The summed E-state index contributed by atoms with van der Waals surface area (Å²) in [6.45, 7) is 3.64. The minimum atomic E-state index is -0.270. The van der Waals surface area contributed by atoms with Gasteiger partial charge in [0.2, 0.25) is 0 Å². The van der Waals surface area contributed by atoms with E-state index in [1.807, 2.05) is 17.5 Å². The Morgan fingerprint density at radius 1 is 1.20 bits per heavy atom. The smallest absolute Gasteiger partial charge is 0.315 e. The van der Waals surface area contributed by atoms with Crippen molar-refractivity contribution in [2.45, 2.75) is 19.2 Å². The molecule has 2 heterocycles. The minimum Gasteiger partial charge on any atom is -0.374 e. The maximum Gasteiger partial charge on any atom is 0.315 e. The molecule has 1 fully saturated rings. The molecule has 0 aliphatic carbocycles. The average Bonchev–Trinajstić information content (AvgIpc) is 3.22. The van der Waals surface area contributed by atoms with E-state index in [0.717, 1.165) is 24.2 Å². The lowest BCUT2D eigenvalue weighted by Gasteiger charge is -2.33. The van der Waals surface area contributed by atoms with Crippen molar-refractivity contribution in [3.63, 3.8) is 0 Å². The Morgan fingerprint density at radius 2 is 2.03 bits per heavy atom. The molecule has 0 radical (unpaired) electrons. The molecule has 7 nitrogen and oxygen atoms in total. The van der Waals surface area contributed by atoms with Crippen molar-refractivity contribution in [3.8, 4) is 0 Å². The number of halogens is 2. The van der Waals surface area contributed by atoms with Gasteiger partial charge in [-0.05, 0) is 34.7 Å². The Balaban J connectivity index is 1.40. The van der Waals surface area contributed by atoms with Crippen molar-refractivity contribution in [1.82, 2.24) is 20.9 Å². The molecule has 3 N–H and O–H groups in total. The van der Waals surface area contributed by atoms with Gasteiger partial charge in [-0.15, -0.1) is 11.3 Å². The van der Waals surface area contributed by atoms with Gasteiger partial charge in [-0.3, -0.25) is 9.69 Å². The van der Waals surface area contributed by atoms with Crippen LogP contribution < -0.4 is 16.0 Å². The van der Waals surface area contributed by atoms with Crippen LogP contribution in [0.3, 0.4) is 0 Å². The highest BCUT2D eigenvalue weighted by molar-refractivity contribution is 7.12. The van der Waals surface area contributed by atoms with Gasteiger partial charge < -0.3 is 20.7 Å². The lowest BCUT2D eigenvalue weighted by atomic mass is 10.2. The molecule has 1 saturated heterocycles. The first-order valence-electron chi connectivity index (χ1n) is 9.53. The predicted molar refractivity (Wildman–Crippen MR) is 119 cm³/mol. The minimum absolute atomic E-state index is 0.0896. The largest absolute Gasteiger partial charge is 0.374 e. The van der Waals surface area contributed by atoms with E-state index >= 15 is 0 Å². The number of carbonyl (C=O) groups is 2. The van der Waals surface area contributed by atoms with Gasteiger partial charge in [0.15, 0.2) is 0 Å². The molecule has 1 aliphatic rings. The van der Waals surface area contributed by atoms with Crippen LogP contribution in [0, 0.1) is 0 Å². The Labute approximate surface area is 189 Å². The summed E-state index contributed by atoms with van der Waals surface area (Å²) in [6.07, 6.45) is -0.0896. The summed E-state index contributed by atoms with van der Waals surface area (Å²) in [7, 11) is 1.59. The maximum absolute atomic E-state index is 12.1. The van der Waals surface area contributed by atoms with Gasteiger partial charge >= 0.3 is 6.03 Å². The van der Waals surface area contributed by atoms with E-state index in [1.54, 1.807) is 19.2 Å². The van der Waals surface area contributed by atoms with Gasteiger partial charge in [0, 0.05) is 39.8 Å². The number of carbonyl (C=O) groups excluding carboxylic acids is 2. The zero-order valence-corrected chi connectivity index (χ0v) is 18.9. The molecular formula is C20H24Cl2N4O3S. The summed E-state index contributed by atoms with van der Waals surface area (Å²) in [4.78, 5) is 26.6. The summed E-state index contributed by atoms with van der Waals surface area (Å²) in [5.74, 6) is -0.129. The SMILES string of the molecule is CNC(=O)c1cc(CNC(=O)NC[C@H]2CN(Cc3ccc(Cl)c(Cl)c3)CCO2)cs1. The number of hydrogen-bond donors (Lipinski definition) is 3. The highest BCUT2D eigenvalue weighted by Gasteiger charge is 2.21. The number of ether oxygens (including phenoxy) is 1. The van der Waals surface area contributed by atoms with Crippen LogP contribution in [0.4, 0.5) is 4.79 Å². The number of urea groups is 1. The van der Waals surface area contributed by atoms with E-state index in [-0.39, 0.29) is 18.0 Å². The molecule has 1 aromatic heterocycles. The molecule has 0 spiro atoms. The number of nitrogens with one attached hydrogen (secondary N) is 3. The molecule has 0 saturated carbocycles. The van der Waals surface area contributed by atoms with Gasteiger partial charge in [-0.1, -0.05) is 29.3 Å². The Hall–Kier alpha value is -1.84. The fourth-order valence-corrected chi connectivity index (χ4v) is 4.28. The molecule has 1 aromatic carbocycles. The topological polar surface area (TPSA) is 82.7 Å². The second-order valence-electron chi connectivity index (χ2n) is 6.94. The number of thiophene rings is 1. The summed E-state index contributed by atoms with van der Waals surface area (Å²) in [6, 6.07) is 7.14. The van der Waals surface area contributed by atoms with E-state index in [4.69, 9.17) is 27.9 Å². The third-order valence-electron chi connectivity index (χ3n) is 4.66. The molecule has 1 aliphatic heterocycles. The van der Waals surface area contributed by atoms with Crippen LogP contribution in [0.15, 0.2) is 29.6 Å². The maximum atomic E-state index is 12.1. The van der Waals surface area contributed by atoms with Gasteiger partial charge in [0.1, 0.15) is 0 Å². The molecule has 2 aromatic rings. The number of rotatable bonds is 7. The van der Waals surface area contributed by atoms with Crippen LogP contribution in [0.25, 0.3) is 0 Å². The number of nitrogens with zero attached hydrogens (tertiary/aromatic N) is 1. The first-order valence-corrected chi connectivity index (χ1v) is 11.2. The van der Waals surface area contributed by atoms with E-state index in [1.165, 1.54) is 11.3 Å². The second-order valence-corrected chi connectivity index (χ2v) is 8.66. The third-order valence-corrected chi connectivity index (χ3v) is 6.38. The first kappa shape index (κ1) is 22.8. The highest BCUT2D eigenvalue weighted by atomic mass is 35.5. The van der Waals surface area contributed by atoms with Crippen molar-refractivity contribution in [1.29, 1.82) is 0 Å². The summed E-state index contributed by atoms with van der Waals surface area (Å²) < 4.78 is 5.77. The quantitative estimate of drug-likeness (QED) is 0.580. The second kappa shape index (κ2) is 11.0. The molecular weight excluding hydrogens is 447 g/mol. The normalized spacial score (nSPS) is 16.8. The predicted octanol–water partition coefficient (Wildman–Crippen LogP) is 3.11. The van der Waals surface area contributed by atoms with Crippen LogP contribution in [0.1, 0.15) is 20.8 Å². The number of morpholine rings is 1. The summed E-state index contributed by atoms with van der Waals surface area (Å²) in [5, 5.41) is 11.2. The van der Waals surface area contributed by atoms with Crippen molar-refractivity contribution >= 4 is 46.5 Å². The van der Waals surface area contributed by atoms with Gasteiger partial charge in [0.25, 0.3) is 5.91 Å². The molecule has 0 unspecified atom stereocenters.